The number of hydrogen-bond donors (Lipinski definition) is 0. The molecule has 2 saturated carbocycles. The van der Waals surface area contributed by atoms with Crippen molar-refractivity contribution >= 4 is 26.0 Å². The van der Waals surface area contributed by atoms with Crippen LogP contribution >= 0.6 is 15.9 Å². The molecule has 2 atom stereocenters. The van der Waals surface area contributed by atoms with E-state index in [2.05, 4.69) is 29.8 Å². The van der Waals surface area contributed by atoms with Crippen molar-refractivity contribution < 1.29 is 12.6 Å². The van der Waals surface area contributed by atoms with Crippen molar-refractivity contribution in [2.45, 2.75) is 33.1 Å². The second kappa shape index (κ2) is 4.07. The number of fused-ring (bicyclic) bond motifs is 2. The lowest BCUT2D eigenvalue weighted by molar-refractivity contribution is 0.183. The Balaban J connectivity index is 2.26. The first kappa shape index (κ1) is 13.6. The minimum Gasteiger partial charge on any atom is -0.269 e. The van der Waals surface area contributed by atoms with E-state index in [0.29, 0.717) is 12.5 Å². The molecule has 0 amide bonds. The lowest BCUT2D eigenvalue weighted by Gasteiger charge is -2.38. The maximum Gasteiger partial charge on any atom is 0.264 e. The molecule has 2 aliphatic carbocycles. The van der Waals surface area contributed by atoms with Gasteiger partial charge in [0.1, 0.15) is 0 Å². The summed E-state index contributed by atoms with van der Waals surface area (Å²) in [4.78, 5) is 1.98. The average Bonchev–Trinajstić information content (AvgIpc) is 2.68. The number of hydrogen-bond acceptors (Lipinski definition) is 3. The molecule has 2 fully saturated rings. The van der Waals surface area contributed by atoms with Gasteiger partial charge < -0.3 is 0 Å². The van der Waals surface area contributed by atoms with E-state index >= 15 is 0 Å². The predicted molar refractivity (Wildman–Crippen MR) is 71.4 cm³/mol. The molecule has 0 radical (unpaired) electrons. The molecule has 98 valence electrons. The van der Waals surface area contributed by atoms with E-state index in [0.717, 1.165) is 19.1 Å². The SMILES string of the molecule is CC1(C)/C(=C\Br)[C@@]2(COS(C)(=O)=O)CC[C@@H]1C2. The largest absolute Gasteiger partial charge is 0.269 e. The third-order valence-corrected chi connectivity index (χ3v) is 5.56. The zero-order valence-corrected chi connectivity index (χ0v) is 12.9. The zero-order chi connectivity index (χ0) is 12.9. The molecule has 2 aliphatic rings. The van der Waals surface area contributed by atoms with Crippen molar-refractivity contribution in [3.05, 3.63) is 10.6 Å². The van der Waals surface area contributed by atoms with Gasteiger partial charge in [-0.25, -0.2) is 0 Å². The van der Waals surface area contributed by atoms with Crippen LogP contribution in [0.2, 0.25) is 0 Å². The van der Waals surface area contributed by atoms with Gasteiger partial charge in [-0.1, -0.05) is 29.8 Å². The van der Waals surface area contributed by atoms with Gasteiger partial charge in [-0.15, -0.1) is 0 Å². The minimum atomic E-state index is -3.35. The van der Waals surface area contributed by atoms with E-state index in [1.807, 2.05) is 4.99 Å². The molecule has 3 nitrogen and oxygen atoms in total. The van der Waals surface area contributed by atoms with Crippen LogP contribution < -0.4 is 0 Å². The summed E-state index contributed by atoms with van der Waals surface area (Å²) in [5.41, 5.74) is 1.40. The smallest absolute Gasteiger partial charge is 0.264 e. The van der Waals surface area contributed by atoms with Crippen LogP contribution in [-0.2, 0) is 14.3 Å². The Hall–Kier alpha value is 0.130. The highest BCUT2D eigenvalue weighted by molar-refractivity contribution is 9.11. The Labute approximate surface area is 112 Å². The van der Waals surface area contributed by atoms with Gasteiger partial charge in [0, 0.05) is 5.41 Å². The Morgan fingerprint density at radius 2 is 2.18 bits per heavy atom. The summed E-state index contributed by atoms with van der Waals surface area (Å²) < 4.78 is 27.4. The molecule has 0 heterocycles. The van der Waals surface area contributed by atoms with Gasteiger partial charge in [-0.2, -0.15) is 8.42 Å². The van der Waals surface area contributed by atoms with Crippen LogP contribution in [0.1, 0.15) is 33.1 Å². The van der Waals surface area contributed by atoms with Crippen molar-refractivity contribution in [1.82, 2.24) is 0 Å². The fourth-order valence-electron chi connectivity index (χ4n) is 3.58. The summed E-state index contributed by atoms with van der Waals surface area (Å²) in [6.45, 7) is 4.78. The van der Waals surface area contributed by atoms with Gasteiger partial charge in [-0.05, 0) is 41.2 Å². The molecule has 0 aliphatic heterocycles. The van der Waals surface area contributed by atoms with Gasteiger partial charge in [0.2, 0.25) is 0 Å². The highest BCUT2D eigenvalue weighted by atomic mass is 79.9. The van der Waals surface area contributed by atoms with Gasteiger partial charge in [0.05, 0.1) is 12.9 Å². The van der Waals surface area contributed by atoms with Crippen molar-refractivity contribution in [2.24, 2.45) is 16.7 Å². The summed E-state index contributed by atoms with van der Waals surface area (Å²) in [7, 11) is -3.35. The fourth-order valence-corrected chi connectivity index (χ4v) is 5.09. The normalized spacial score (nSPS) is 37.9. The first-order chi connectivity index (χ1) is 7.71. The van der Waals surface area contributed by atoms with Crippen molar-refractivity contribution in [1.29, 1.82) is 0 Å². The molecule has 0 unspecified atom stereocenters. The van der Waals surface area contributed by atoms with Crippen LogP contribution in [0.25, 0.3) is 0 Å². The Kier molecular flexibility index (Phi) is 3.24. The van der Waals surface area contributed by atoms with Crippen LogP contribution in [0.15, 0.2) is 10.6 Å². The number of rotatable bonds is 3. The van der Waals surface area contributed by atoms with Crippen molar-refractivity contribution in [3.63, 3.8) is 0 Å². The lowest BCUT2D eigenvalue weighted by Crippen LogP contribution is -2.31. The monoisotopic (exact) mass is 322 g/mol. The van der Waals surface area contributed by atoms with Crippen LogP contribution in [0.4, 0.5) is 0 Å². The highest BCUT2D eigenvalue weighted by Gasteiger charge is 2.58. The summed E-state index contributed by atoms with van der Waals surface area (Å²) in [6.07, 6.45) is 4.37. The maximum absolute atomic E-state index is 11.2. The third kappa shape index (κ3) is 2.22. The standard InChI is InChI=1S/C12H19BrO3S/c1-11(2)9-4-5-12(6-9,10(11)7-13)8-16-17(3,14)15/h7,9H,4-6,8H2,1-3H3/b10-7+/t9-,12+/m1/s1. The third-order valence-electron chi connectivity index (χ3n) is 4.55. The zero-order valence-electron chi connectivity index (χ0n) is 10.5. The molecule has 0 aromatic rings. The van der Waals surface area contributed by atoms with Crippen LogP contribution in [-0.4, -0.2) is 21.3 Å². The molecule has 0 spiro atoms. The highest BCUT2D eigenvalue weighted by Crippen LogP contribution is 2.66. The molecule has 0 saturated heterocycles. The van der Waals surface area contributed by atoms with E-state index in [9.17, 15) is 8.42 Å². The molecule has 5 heteroatoms. The molecule has 17 heavy (non-hydrogen) atoms. The van der Waals surface area contributed by atoms with E-state index in [1.165, 1.54) is 12.0 Å². The first-order valence-corrected chi connectivity index (χ1v) is 8.60. The first-order valence-electron chi connectivity index (χ1n) is 5.87. The van der Waals surface area contributed by atoms with Crippen molar-refractivity contribution in [2.75, 3.05) is 12.9 Å². The topological polar surface area (TPSA) is 43.4 Å². The molecular weight excluding hydrogens is 304 g/mol. The Bertz CT molecular complexity index is 452. The molecule has 0 N–H and O–H groups in total. The van der Waals surface area contributed by atoms with E-state index < -0.39 is 10.1 Å². The second-order valence-electron chi connectivity index (χ2n) is 5.93. The summed E-state index contributed by atoms with van der Waals surface area (Å²) in [6, 6.07) is 0. The van der Waals surface area contributed by atoms with Gasteiger partial charge in [0.15, 0.2) is 0 Å². The van der Waals surface area contributed by atoms with Crippen LogP contribution in [0, 0.1) is 16.7 Å². The van der Waals surface area contributed by atoms with E-state index in [1.54, 1.807) is 0 Å². The minimum absolute atomic E-state index is 0.0687. The van der Waals surface area contributed by atoms with Gasteiger partial charge >= 0.3 is 0 Å². The quantitative estimate of drug-likeness (QED) is 0.750. The molecule has 0 aromatic carbocycles. The fraction of sp³-hybridized carbons (Fsp3) is 0.833. The summed E-state index contributed by atoms with van der Waals surface area (Å²) in [5, 5.41) is 0. The van der Waals surface area contributed by atoms with Crippen molar-refractivity contribution in [3.8, 4) is 0 Å². The summed E-state index contributed by atoms with van der Waals surface area (Å²) >= 11 is 3.44. The second-order valence-corrected chi connectivity index (χ2v) is 8.03. The van der Waals surface area contributed by atoms with E-state index in [4.69, 9.17) is 4.18 Å². The number of halogens is 1. The lowest BCUT2D eigenvalue weighted by atomic mass is 9.69. The average molecular weight is 323 g/mol. The molecule has 0 aromatic heterocycles. The van der Waals surface area contributed by atoms with Gasteiger partial charge in [-0.3, -0.25) is 4.18 Å². The maximum atomic E-state index is 11.2. The van der Waals surface area contributed by atoms with Crippen LogP contribution in [0.5, 0.6) is 0 Å². The van der Waals surface area contributed by atoms with Gasteiger partial charge in [0.25, 0.3) is 10.1 Å². The molecule has 2 rings (SSSR count). The predicted octanol–water partition coefficient (Wildman–Crippen LogP) is 3.07. The Morgan fingerprint density at radius 3 is 2.71 bits per heavy atom. The molecule has 2 bridgehead atoms. The Morgan fingerprint density at radius 1 is 1.53 bits per heavy atom. The summed E-state index contributed by atoms with van der Waals surface area (Å²) in [5.74, 6) is 0.648. The van der Waals surface area contributed by atoms with E-state index in [-0.39, 0.29) is 10.8 Å². The van der Waals surface area contributed by atoms with Crippen LogP contribution in [0.3, 0.4) is 0 Å². The molecular formula is C12H19BrO3S.